The van der Waals surface area contributed by atoms with Gasteiger partial charge in [-0.3, -0.25) is 4.79 Å². The number of rotatable bonds is 6. The van der Waals surface area contributed by atoms with Gasteiger partial charge in [0.2, 0.25) is 5.91 Å². The third kappa shape index (κ3) is 6.16. The van der Waals surface area contributed by atoms with E-state index in [9.17, 15) is 18.4 Å². The lowest BCUT2D eigenvalue weighted by atomic mass is 10.2. The van der Waals surface area contributed by atoms with Crippen molar-refractivity contribution in [1.82, 2.24) is 5.32 Å². The molecule has 1 aromatic carbocycles. The number of amides is 1. The van der Waals surface area contributed by atoms with E-state index in [1.165, 1.54) is 24.3 Å². The Morgan fingerprint density at radius 1 is 1.26 bits per heavy atom. The highest BCUT2D eigenvalue weighted by Crippen LogP contribution is 2.14. The summed E-state index contributed by atoms with van der Waals surface area (Å²) in [6.07, 6.45) is 1.60. The van der Waals surface area contributed by atoms with Crippen molar-refractivity contribution >= 4 is 11.9 Å². The summed E-state index contributed by atoms with van der Waals surface area (Å²) < 4.78 is 27.9. The molecule has 0 heterocycles. The third-order valence-corrected chi connectivity index (χ3v) is 1.99. The highest BCUT2D eigenvalue weighted by Gasteiger charge is 2.04. The molecule has 7 heteroatoms. The average Bonchev–Trinajstić information content (AvgIpc) is 2.35. The molecular formula is C12H11F2NO4. The maximum Gasteiger partial charge on any atom is 0.387 e. The van der Waals surface area contributed by atoms with Gasteiger partial charge < -0.3 is 15.2 Å². The van der Waals surface area contributed by atoms with Crippen LogP contribution in [0.1, 0.15) is 5.56 Å². The van der Waals surface area contributed by atoms with Gasteiger partial charge in [0.25, 0.3) is 0 Å². The molecule has 0 aliphatic heterocycles. The van der Waals surface area contributed by atoms with Gasteiger partial charge in [0.1, 0.15) is 5.75 Å². The second kappa shape index (κ2) is 7.10. The first-order chi connectivity index (χ1) is 8.97. The molecule has 102 valence electrons. The molecule has 0 saturated heterocycles. The molecular weight excluding hydrogens is 260 g/mol. The van der Waals surface area contributed by atoms with Crippen LogP contribution in [0.25, 0.3) is 0 Å². The van der Waals surface area contributed by atoms with Gasteiger partial charge in [-0.15, -0.1) is 0 Å². The van der Waals surface area contributed by atoms with E-state index in [0.29, 0.717) is 5.56 Å². The van der Waals surface area contributed by atoms with Crippen LogP contribution in [0.3, 0.4) is 0 Å². The zero-order chi connectivity index (χ0) is 14.3. The SMILES string of the molecule is O=C(O)/C=C/C(=O)NCc1ccc(OC(F)F)cc1. The number of alkyl halides is 2. The Morgan fingerprint density at radius 3 is 2.42 bits per heavy atom. The number of ether oxygens (including phenoxy) is 1. The summed E-state index contributed by atoms with van der Waals surface area (Å²) in [7, 11) is 0. The molecule has 0 bridgehead atoms. The minimum atomic E-state index is -2.88. The number of hydrogen-bond donors (Lipinski definition) is 2. The van der Waals surface area contributed by atoms with E-state index in [0.717, 1.165) is 12.2 Å². The minimum absolute atomic E-state index is 0.0239. The number of halogens is 2. The van der Waals surface area contributed by atoms with Crippen LogP contribution in [-0.4, -0.2) is 23.6 Å². The second-order valence-corrected chi connectivity index (χ2v) is 3.41. The molecule has 5 nitrogen and oxygen atoms in total. The van der Waals surface area contributed by atoms with Crippen molar-refractivity contribution < 1.29 is 28.2 Å². The molecule has 1 rings (SSSR count). The van der Waals surface area contributed by atoms with Gasteiger partial charge >= 0.3 is 12.6 Å². The summed E-state index contributed by atoms with van der Waals surface area (Å²) in [4.78, 5) is 21.3. The maximum atomic E-state index is 11.9. The molecule has 0 spiro atoms. The van der Waals surface area contributed by atoms with Gasteiger partial charge in [0.05, 0.1) is 0 Å². The fraction of sp³-hybridized carbons (Fsp3) is 0.167. The topological polar surface area (TPSA) is 75.6 Å². The van der Waals surface area contributed by atoms with Crippen molar-refractivity contribution in [1.29, 1.82) is 0 Å². The largest absolute Gasteiger partial charge is 0.478 e. The minimum Gasteiger partial charge on any atom is -0.478 e. The molecule has 2 N–H and O–H groups in total. The van der Waals surface area contributed by atoms with E-state index in [1.54, 1.807) is 0 Å². The molecule has 0 saturated carbocycles. The molecule has 1 amide bonds. The van der Waals surface area contributed by atoms with E-state index in [4.69, 9.17) is 5.11 Å². The number of carbonyl (C=O) groups is 2. The first-order valence-corrected chi connectivity index (χ1v) is 5.20. The molecule has 0 atom stereocenters. The first-order valence-electron chi connectivity index (χ1n) is 5.20. The standard InChI is InChI=1S/C12H11F2NO4/c13-12(14)19-9-3-1-8(2-4-9)7-15-10(16)5-6-11(17)18/h1-6,12H,7H2,(H,15,16)(H,17,18)/b6-5+. The molecule has 0 radical (unpaired) electrons. The maximum absolute atomic E-state index is 11.9. The van der Waals surface area contributed by atoms with Crippen molar-refractivity contribution in [3.63, 3.8) is 0 Å². The van der Waals surface area contributed by atoms with Crippen molar-refractivity contribution in [2.24, 2.45) is 0 Å². The van der Waals surface area contributed by atoms with Crippen LogP contribution in [0.5, 0.6) is 5.75 Å². The fourth-order valence-electron chi connectivity index (χ4n) is 1.18. The molecule has 0 aromatic heterocycles. The summed E-state index contributed by atoms with van der Waals surface area (Å²) in [5.74, 6) is -1.75. The number of hydrogen-bond acceptors (Lipinski definition) is 3. The van der Waals surface area contributed by atoms with E-state index >= 15 is 0 Å². The average molecular weight is 271 g/mol. The van der Waals surface area contributed by atoms with E-state index in [-0.39, 0.29) is 12.3 Å². The lowest BCUT2D eigenvalue weighted by Gasteiger charge is -2.06. The molecule has 0 fully saturated rings. The van der Waals surface area contributed by atoms with Crippen molar-refractivity contribution in [2.45, 2.75) is 13.2 Å². The number of carboxylic acids is 1. The van der Waals surface area contributed by atoms with Gasteiger partial charge in [0.15, 0.2) is 0 Å². The molecule has 19 heavy (non-hydrogen) atoms. The van der Waals surface area contributed by atoms with Crippen molar-refractivity contribution in [2.75, 3.05) is 0 Å². The van der Waals surface area contributed by atoms with Crippen LogP contribution in [0.2, 0.25) is 0 Å². The second-order valence-electron chi connectivity index (χ2n) is 3.41. The summed E-state index contributed by atoms with van der Waals surface area (Å²) in [5.41, 5.74) is 0.665. The van der Waals surface area contributed by atoms with Crippen LogP contribution >= 0.6 is 0 Å². The predicted molar refractivity (Wildman–Crippen MR) is 61.7 cm³/mol. The number of aliphatic carboxylic acids is 1. The first kappa shape index (κ1) is 14.6. The fourth-order valence-corrected chi connectivity index (χ4v) is 1.18. The van der Waals surface area contributed by atoms with Crippen LogP contribution in [0.4, 0.5) is 8.78 Å². The van der Waals surface area contributed by atoms with Gasteiger partial charge in [-0.05, 0) is 17.7 Å². The van der Waals surface area contributed by atoms with Crippen LogP contribution in [-0.2, 0) is 16.1 Å². The third-order valence-electron chi connectivity index (χ3n) is 1.99. The number of nitrogens with one attached hydrogen (secondary N) is 1. The van der Waals surface area contributed by atoms with Gasteiger partial charge in [-0.25, -0.2) is 4.79 Å². The molecule has 0 aliphatic rings. The lowest BCUT2D eigenvalue weighted by molar-refractivity contribution is -0.131. The zero-order valence-corrected chi connectivity index (χ0v) is 9.68. The summed E-state index contributed by atoms with van der Waals surface area (Å²) in [5, 5.41) is 10.7. The Kier molecular flexibility index (Phi) is 5.46. The highest BCUT2D eigenvalue weighted by molar-refractivity contribution is 5.93. The quantitative estimate of drug-likeness (QED) is 0.770. The van der Waals surface area contributed by atoms with E-state index in [1.807, 2.05) is 0 Å². The highest BCUT2D eigenvalue weighted by atomic mass is 19.3. The Bertz CT molecular complexity index is 471. The van der Waals surface area contributed by atoms with Gasteiger partial charge in [-0.2, -0.15) is 8.78 Å². The van der Waals surface area contributed by atoms with Gasteiger partial charge in [0, 0.05) is 18.7 Å². The summed E-state index contributed by atoms with van der Waals surface area (Å²) in [6.45, 7) is -2.73. The number of carbonyl (C=O) groups excluding carboxylic acids is 1. The van der Waals surface area contributed by atoms with Gasteiger partial charge in [-0.1, -0.05) is 12.1 Å². The van der Waals surface area contributed by atoms with Crippen LogP contribution in [0.15, 0.2) is 36.4 Å². The zero-order valence-electron chi connectivity index (χ0n) is 9.68. The number of carboxylic acid groups (broad SMARTS) is 1. The van der Waals surface area contributed by atoms with Crippen molar-refractivity contribution in [3.05, 3.63) is 42.0 Å². The number of benzene rings is 1. The molecule has 0 aliphatic carbocycles. The van der Waals surface area contributed by atoms with Crippen molar-refractivity contribution in [3.8, 4) is 5.75 Å². The smallest absolute Gasteiger partial charge is 0.387 e. The lowest BCUT2D eigenvalue weighted by Crippen LogP contribution is -2.20. The van der Waals surface area contributed by atoms with E-state index < -0.39 is 18.5 Å². The van der Waals surface area contributed by atoms with Crippen LogP contribution in [0, 0.1) is 0 Å². The Balaban J connectivity index is 2.45. The Morgan fingerprint density at radius 2 is 1.89 bits per heavy atom. The predicted octanol–water partition coefficient (Wildman–Crippen LogP) is 1.54. The Labute approximate surface area is 107 Å². The van der Waals surface area contributed by atoms with Crippen LogP contribution < -0.4 is 10.1 Å². The summed E-state index contributed by atoms with van der Waals surface area (Å²) >= 11 is 0. The Hall–Kier alpha value is -2.44. The van der Waals surface area contributed by atoms with E-state index in [2.05, 4.69) is 10.1 Å². The summed E-state index contributed by atoms with van der Waals surface area (Å²) in [6, 6.07) is 5.72. The normalized spacial score (nSPS) is 10.7. The monoisotopic (exact) mass is 271 g/mol. The molecule has 1 aromatic rings. The molecule has 0 unspecified atom stereocenters.